The van der Waals surface area contributed by atoms with Crippen molar-refractivity contribution in [2.75, 3.05) is 19.7 Å². The minimum Gasteiger partial charge on any atom is -0.494 e. The Bertz CT molecular complexity index is 882. The maximum Gasteiger partial charge on any atom is 0.334 e. The molecular weight excluding hydrogens is 390 g/mol. The highest BCUT2D eigenvalue weighted by molar-refractivity contribution is 6.45. The first-order valence-electron chi connectivity index (χ1n) is 10.1. The topological polar surface area (TPSA) is 105 Å². The number of hydrogen-bond acceptors (Lipinski definition) is 6. The van der Waals surface area contributed by atoms with E-state index in [-0.39, 0.29) is 25.1 Å². The van der Waals surface area contributed by atoms with Crippen LogP contribution in [0.3, 0.4) is 0 Å². The van der Waals surface area contributed by atoms with Gasteiger partial charge >= 0.3 is 17.8 Å². The second-order valence-corrected chi connectivity index (χ2v) is 7.89. The van der Waals surface area contributed by atoms with Gasteiger partial charge in [0, 0.05) is 30.6 Å². The van der Waals surface area contributed by atoms with Gasteiger partial charge in [0.25, 0.3) is 0 Å². The van der Waals surface area contributed by atoms with Crippen LogP contribution in [0.25, 0.3) is 0 Å². The number of hydrogen-bond donors (Lipinski definition) is 1. The van der Waals surface area contributed by atoms with Crippen molar-refractivity contribution in [3.05, 3.63) is 23.3 Å². The molecule has 1 aromatic rings. The summed E-state index contributed by atoms with van der Waals surface area (Å²) in [5.41, 5.74) is 1.78. The fraction of sp³-hybridized carbons (Fsp3) is 0.524. The molecule has 162 valence electrons. The fourth-order valence-electron chi connectivity index (χ4n) is 3.52. The number of amides is 5. The zero-order valence-corrected chi connectivity index (χ0v) is 17.7. The van der Waals surface area contributed by atoms with Crippen molar-refractivity contribution in [2.24, 2.45) is 5.92 Å². The molecule has 0 radical (unpaired) electrons. The Morgan fingerprint density at radius 1 is 1.23 bits per heavy atom. The molecule has 1 aromatic carbocycles. The van der Waals surface area contributed by atoms with Crippen LogP contribution in [0.1, 0.15) is 38.8 Å². The van der Waals surface area contributed by atoms with Crippen molar-refractivity contribution in [1.29, 1.82) is 0 Å². The van der Waals surface area contributed by atoms with Crippen LogP contribution in [0, 0.1) is 5.92 Å². The summed E-state index contributed by atoms with van der Waals surface area (Å²) in [6.45, 7) is 7.75. The third kappa shape index (κ3) is 4.39. The number of rotatable bonds is 8. The zero-order valence-electron chi connectivity index (χ0n) is 17.7. The van der Waals surface area contributed by atoms with Crippen LogP contribution in [0.15, 0.2) is 12.1 Å². The fourth-order valence-corrected chi connectivity index (χ4v) is 3.52. The molecule has 1 fully saturated rings. The Kier molecular flexibility index (Phi) is 6.28. The van der Waals surface area contributed by atoms with Crippen molar-refractivity contribution < 1.29 is 28.7 Å². The summed E-state index contributed by atoms with van der Waals surface area (Å²) in [6, 6.07) is 2.99. The van der Waals surface area contributed by atoms with Crippen LogP contribution >= 0.6 is 0 Å². The van der Waals surface area contributed by atoms with Gasteiger partial charge in [0.1, 0.15) is 24.1 Å². The standard InChI is InChI=1S/C21H27N3O6/c1-5-29-16-7-14-6-13(4)30-17(14)8-15(16)9-22-18(25)11-24-20(27)19(26)23(21(24)28)10-12(2)3/h7-8,12-13H,5-6,9-11H2,1-4H3,(H,22,25)/t13-/m0/s1. The summed E-state index contributed by atoms with van der Waals surface area (Å²) in [5, 5.41) is 2.69. The van der Waals surface area contributed by atoms with E-state index in [0.717, 1.165) is 28.2 Å². The monoisotopic (exact) mass is 417 g/mol. The van der Waals surface area contributed by atoms with Crippen LogP contribution < -0.4 is 14.8 Å². The minimum absolute atomic E-state index is 0.0150. The smallest absolute Gasteiger partial charge is 0.334 e. The van der Waals surface area contributed by atoms with Gasteiger partial charge in [-0.2, -0.15) is 0 Å². The largest absolute Gasteiger partial charge is 0.494 e. The number of benzene rings is 1. The van der Waals surface area contributed by atoms with Gasteiger partial charge in [-0.3, -0.25) is 19.3 Å². The zero-order chi connectivity index (χ0) is 22.0. The van der Waals surface area contributed by atoms with Crippen molar-refractivity contribution >= 4 is 23.8 Å². The number of nitrogens with one attached hydrogen (secondary N) is 1. The summed E-state index contributed by atoms with van der Waals surface area (Å²) in [5.74, 6) is -0.999. The number of carbonyl (C=O) groups excluding carboxylic acids is 4. The molecular formula is C21H27N3O6. The molecule has 9 nitrogen and oxygen atoms in total. The van der Waals surface area contributed by atoms with Gasteiger partial charge in [0.05, 0.1) is 6.61 Å². The number of urea groups is 1. The summed E-state index contributed by atoms with van der Waals surface area (Å²) in [4.78, 5) is 50.5. The quantitative estimate of drug-likeness (QED) is 0.507. The Morgan fingerprint density at radius 2 is 1.93 bits per heavy atom. The Hall–Kier alpha value is -3.10. The molecule has 0 unspecified atom stereocenters. The molecule has 0 bridgehead atoms. The highest BCUT2D eigenvalue weighted by Gasteiger charge is 2.45. The highest BCUT2D eigenvalue weighted by Crippen LogP contribution is 2.35. The van der Waals surface area contributed by atoms with Crippen LogP contribution in [-0.2, 0) is 27.3 Å². The van der Waals surface area contributed by atoms with E-state index >= 15 is 0 Å². The lowest BCUT2D eigenvalue weighted by atomic mass is 10.1. The summed E-state index contributed by atoms with van der Waals surface area (Å²) in [6.07, 6.45) is 0.875. The van der Waals surface area contributed by atoms with Gasteiger partial charge in [-0.15, -0.1) is 0 Å². The average Bonchev–Trinajstić information content (AvgIpc) is 3.13. The first-order chi connectivity index (χ1) is 14.2. The van der Waals surface area contributed by atoms with Gasteiger partial charge in [-0.1, -0.05) is 13.8 Å². The first-order valence-corrected chi connectivity index (χ1v) is 10.1. The van der Waals surface area contributed by atoms with Crippen LogP contribution in [0.4, 0.5) is 4.79 Å². The summed E-state index contributed by atoms with van der Waals surface area (Å²) in [7, 11) is 0. The van der Waals surface area contributed by atoms with Crippen LogP contribution in [0.2, 0.25) is 0 Å². The Balaban J connectivity index is 1.65. The van der Waals surface area contributed by atoms with E-state index in [4.69, 9.17) is 9.47 Å². The number of ether oxygens (including phenoxy) is 2. The molecule has 0 aromatic heterocycles. The average molecular weight is 417 g/mol. The van der Waals surface area contributed by atoms with Crippen molar-refractivity contribution in [1.82, 2.24) is 15.1 Å². The SMILES string of the molecule is CCOc1cc2c(cc1CNC(=O)CN1C(=O)C(=O)N(CC(C)C)C1=O)O[C@@H](C)C2. The number of nitrogens with zero attached hydrogens (tertiary/aromatic N) is 2. The molecule has 2 heterocycles. The highest BCUT2D eigenvalue weighted by atomic mass is 16.5. The van der Waals surface area contributed by atoms with E-state index < -0.39 is 30.3 Å². The van der Waals surface area contributed by atoms with E-state index in [2.05, 4.69) is 5.32 Å². The van der Waals surface area contributed by atoms with Gasteiger partial charge in [0.2, 0.25) is 5.91 Å². The van der Waals surface area contributed by atoms with E-state index in [1.807, 2.05) is 39.8 Å². The van der Waals surface area contributed by atoms with Crippen molar-refractivity contribution in [3.63, 3.8) is 0 Å². The number of imide groups is 2. The lowest BCUT2D eigenvalue weighted by Crippen LogP contribution is -2.41. The molecule has 9 heteroatoms. The Labute approximate surface area is 175 Å². The molecule has 30 heavy (non-hydrogen) atoms. The van der Waals surface area contributed by atoms with Crippen molar-refractivity contribution in [3.8, 4) is 11.5 Å². The first kappa shape index (κ1) is 21.6. The molecule has 0 aliphatic carbocycles. The van der Waals surface area contributed by atoms with Gasteiger partial charge < -0.3 is 14.8 Å². The predicted octanol–water partition coefficient (Wildman–Crippen LogP) is 1.47. The van der Waals surface area contributed by atoms with E-state index in [0.29, 0.717) is 17.3 Å². The van der Waals surface area contributed by atoms with Crippen LogP contribution in [-0.4, -0.2) is 59.4 Å². The lowest BCUT2D eigenvalue weighted by molar-refractivity contribution is -0.144. The molecule has 0 spiro atoms. The third-order valence-corrected chi connectivity index (χ3v) is 4.84. The van der Waals surface area contributed by atoms with Crippen molar-refractivity contribution in [2.45, 2.75) is 46.8 Å². The minimum atomic E-state index is -0.981. The number of carbonyl (C=O) groups is 4. The molecule has 2 aliphatic rings. The molecule has 0 saturated carbocycles. The van der Waals surface area contributed by atoms with Crippen LogP contribution in [0.5, 0.6) is 11.5 Å². The normalized spacial score (nSPS) is 18.2. The Morgan fingerprint density at radius 3 is 2.60 bits per heavy atom. The molecule has 1 saturated heterocycles. The summed E-state index contributed by atoms with van der Waals surface area (Å²) >= 11 is 0. The second kappa shape index (κ2) is 8.73. The molecule has 5 amide bonds. The third-order valence-electron chi connectivity index (χ3n) is 4.84. The van der Waals surface area contributed by atoms with Gasteiger partial charge in [-0.05, 0) is 31.9 Å². The molecule has 1 atom stereocenters. The molecule has 1 N–H and O–H groups in total. The molecule has 3 rings (SSSR count). The predicted molar refractivity (Wildman–Crippen MR) is 107 cm³/mol. The van der Waals surface area contributed by atoms with Gasteiger partial charge in [0.15, 0.2) is 0 Å². The van der Waals surface area contributed by atoms with E-state index in [9.17, 15) is 19.2 Å². The summed E-state index contributed by atoms with van der Waals surface area (Å²) < 4.78 is 11.5. The number of fused-ring (bicyclic) bond motifs is 1. The maximum atomic E-state index is 12.4. The second-order valence-electron chi connectivity index (χ2n) is 7.89. The maximum absolute atomic E-state index is 12.4. The lowest BCUT2D eigenvalue weighted by Gasteiger charge is -2.17. The molecule has 2 aliphatic heterocycles. The van der Waals surface area contributed by atoms with E-state index in [1.165, 1.54) is 0 Å². The van der Waals surface area contributed by atoms with Gasteiger partial charge in [-0.25, -0.2) is 9.69 Å². The van der Waals surface area contributed by atoms with E-state index in [1.54, 1.807) is 0 Å².